The summed E-state index contributed by atoms with van der Waals surface area (Å²) in [4.78, 5) is 13.2. The Morgan fingerprint density at radius 2 is 1.79 bits per heavy atom. The van der Waals surface area contributed by atoms with Crippen LogP contribution >= 0.6 is 0 Å². The van der Waals surface area contributed by atoms with Crippen molar-refractivity contribution in [2.45, 2.75) is 31.9 Å². The maximum Gasteiger partial charge on any atom is 0.277 e. The summed E-state index contributed by atoms with van der Waals surface area (Å²) in [6.07, 6.45) is -0.550. The van der Waals surface area contributed by atoms with E-state index in [1.165, 1.54) is 18.2 Å². The van der Waals surface area contributed by atoms with Gasteiger partial charge in [-0.1, -0.05) is 18.2 Å². The number of rotatable bonds is 6. The largest absolute Gasteiger partial charge is 0.493 e. The molecule has 0 spiro atoms. The third kappa shape index (κ3) is 3.96. The molecule has 1 atom stereocenters. The molecule has 1 aliphatic heterocycles. The summed E-state index contributed by atoms with van der Waals surface area (Å²) < 4.78 is 30.3. The number of hydrazone groups is 1. The van der Waals surface area contributed by atoms with E-state index in [0.717, 1.165) is 11.3 Å². The highest BCUT2D eigenvalue weighted by Crippen LogP contribution is 2.35. The van der Waals surface area contributed by atoms with Crippen LogP contribution in [0.5, 0.6) is 11.5 Å². The second-order valence-corrected chi connectivity index (χ2v) is 7.39. The van der Waals surface area contributed by atoms with Crippen LogP contribution in [0, 0.1) is 5.82 Å². The highest BCUT2D eigenvalue weighted by molar-refractivity contribution is 6.04. The van der Waals surface area contributed by atoms with Crippen molar-refractivity contribution >= 4 is 11.6 Å². The van der Waals surface area contributed by atoms with Crippen molar-refractivity contribution in [2.75, 3.05) is 21.3 Å². The Kier molecular flexibility index (Phi) is 5.88. The monoisotopic (exact) mass is 400 g/mol. The van der Waals surface area contributed by atoms with Crippen LogP contribution in [0.4, 0.5) is 4.39 Å². The molecule has 0 saturated heterocycles. The van der Waals surface area contributed by atoms with Crippen LogP contribution in [0.25, 0.3) is 0 Å². The Balaban J connectivity index is 1.96. The summed E-state index contributed by atoms with van der Waals surface area (Å²) in [5.74, 6) is 0.282. The Hall–Kier alpha value is -2.93. The van der Waals surface area contributed by atoms with Gasteiger partial charge in [0.25, 0.3) is 5.91 Å². The number of ether oxygens (including phenoxy) is 3. The number of amides is 1. The molecule has 2 aromatic rings. The van der Waals surface area contributed by atoms with E-state index in [0.29, 0.717) is 17.9 Å². The highest BCUT2D eigenvalue weighted by atomic mass is 19.1. The Labute approximate surface area is 169 Å². The van der Waals surface area contributed by atoms with Crippen molar-refractivity contribution in [2.24, 2.45) is 5.10 Å². The van der Waals surface area contributed by atoms with Gasteiger partial charge >= 0.3 is 0 Å². The third-order valence-electron chi connectivity index (χ3n) is 4.97. The van der Waals surface area contributed by atoms with Gasteiger partial charge in [0, 0.05) is 24.7 Å². The van der Waals surface area contributed by atoms with E-state index < -0.39 is 23.4 Å². The number of hydrogen-bond donors (Lipinski definition) is 0. The van der Waals surface area contributed by atoms with Crippen molar-refractivity contribution < 1.29 is 23.4 Å². The van der Waals surface area contributed by atoms with Gasteiger partial charge in [-0.2, -0.15) is 5.10 Å². The van der Waals surface area contributed by atoms with Gasteiger partial charge in [-0.25, -0.2) is 9.40 Å². The zero-order valence-corrected chi connectivity index (χ0v) is 17.2. The summed E-state index contributed by atoms with van der Waals surface area (Å²) in [5.41, 5.74) is 1.14. The fourth-order valence-corrected chi connectivity index (χ4v) is 3.46. The van der Waals surface area contributed by atoms with E-state index in [9.17, 15) is 9.18 Å². The lowest BCUT2D eigenvalue weighted by Gasteiger charge is -2.31. The molecule has 154 valence electrons. The van der Waals surface area contributed by atoms with Crippen LogP contribution in [-0.4, -0.2) is 43.5 Å². The second-order valence-electron chi connectivity index (χ2n) is 7.39. The van der Waals surface area contributed by atoms with Crippen molar-refractivity contribution in [1.29, 1.82) is 0 Å². The molecule has 1 heterocycles. The van der Waals surface area contributed by atoms with Crippen molar-refractivity contribution in [3.05, 3.63) is 59.4 Å². The first-order valence-electron chi connectivity index (χ1n) is 9.23. The van der Waals surface area contributed by atoms with Crippen molar-refractivity contribution in [1.82, 2.24) is 5.01 Å². The van der Waals surface area contributed by atoms with Gasteiger partial charge in [0.05, 0.1) is 25.5 Å². The second kappa shape index (κ2) is 8.21. The first-order chi connectivity index (χ1) is 13.8. The molecule has 0 aliphatic carbocycles. The molecule has 1 aliphatic rings. The molecule has 0 N–H and O–H groups in total. The minimum Gasteiger partial charge on any atom is -0.493 e. The van der Waals surface area contributed by atoms with E-state index in [1.807, 2.05) is 26.0 Å². The number of carbonyl (C=O) groups is 1. The summed E-state index contributed by atoms with van der Waals surface area (Å²) >= 11 is 0. The predicted molar refractivity (Wildman–Crippen MR) is 108 cm³/mol. The zero-order valence-electron chi connectivity index (χ0n) is 17.2. The number of benzene rings is 2. The van der Waals surface area contributed by atoms with Crippen molar-refractivity contribution in [3.8, 4) is 11.5 Å². The third-order valence-corrected chi connectivity index (χ3v) is 4.97. The standard InChI is InChI=1S/C22H25FN2O4/c1-22(2)13-17(14-10-11-18(27-3)19(12-14)28-4)24-25(22)21(26)20(29-5)15-8-6-7-9-16(15)23/h6-12,20H,13H2,1-5H3. The molecule has 0 fully saturated rings. The minimum absolute atomic E-state index is 0.186. The smallest absolute Gasteiger partial charge is 0.277 e. The normalized spacial score (nSPS) is 16.3. The van der Waals surface area contributed by atoms with Gasteiger partial charge in [-0.15, -0.1) is 0 Å². The number of nitrogens with zero attached hydrogens (tertiary/aromatic N) is 2. The lowest BCUT2D eigenvalue weighted by Crippen LogP contribution is -2.43. The summed E-state index contributed by atoms with van der Waals surface area (Å²) in [7, 11) is 4.52. The van der Waals surface area contributed by atoms with E-state index in [1.54, 1.807) is 38.5 Å². The maximum atomic E-state index is 14.3. The molecule has 0 bridgehead atoms. The van der Waals surface area contributed by atoms with Gasteiger partial charge < -0.3 is 14.2 Å². The molecule has 1 unspecified atom stereocenters. The average Bonchev–Trinajstić information content (AvgIpc) is 3.04. The van der Waals surface area contributed by atoms with Gasteiger partial charge in [-0.05, 0) is 38.1 Å². The van der Waals surface area contributed by atoms with Gasteiger partial charge in [-0.3, -0.25) is 4.79 Å². The van der Waals surface area contributed by atoms with Crippen LogP contribution in [0.1, 0.15) is 37.5 Å². The molecule has 0 aromatic heterocycles. The molecule has 7 heteroatoms. The van der Waals surface area contributed by atoms with Crippen LogP contribution in [0.2, 0.25) is 0 Å². The number of methoxy groups -OCH3 is 3. The van der Waals surface area contributed by atoms with Crippen molar-refractivity contribution in [3.63, 3.8) is 0 Å². The van der Waals surface area contributed by atoms with Crippen LogP contribution in [0.15, 0.2) is 47.6 Å². The Bertz CT molecular complexity index is 942. The molecule has 6 nitrogen and oxygen atoms in total. The SMILES string of the molecule is COc1ccc(C2=NN(C(=O)C(OC)c3ccccc3F)C(C)(C)C2)cc1OC. The molecule has 0 radical (unpaired) electrons. The Morgan fingerprint density at radius 3 is 2.41 bits per heavy atom. The van der Waals surface area contributed by atoms with E-state index in [2.05, 4.69) is 5.10 Å². The average molecular weight is 400 g/mol. The predicted octanol–water partition coefficient (Wildman–Crippen LogP) is 3.95. The fourth-order valence-electron chi connectivity index (χ4n) is 3.46. The van der Waals surface area contributed by atoms with Gasteiger partial charge in [0.1, 0.15) is 5.82 Å². The van der Waals surface area contributed by atoms with Crippen LogP contribution < -0.4 is 9.47 Å². The topological polar surface area (TPSA) is 60.4 Å². The van der Waals surface area contributed by atoms with Crippen LogP contribution in [-0.2, 0) is 9.53 Å². The summed E-state index contributed by atoms with van der Waals surface area (Å²) in [5, 5.41) is 5.96. The van der Waals surface area contributed by atoms with Gasteiger partial charge in [0.2, 0.25) is 0 Å². The Morgan fingerprint density at radius 1 is 1.10 bits per heavy atom. The molecular weight excluding hydrogens is 375 g/mol. The first kappa shape index (κ1) is 20.8. The van der Waals surface area contributed by atoms with E-state index in [4.69, 9.17) is 14.2 Å². The van der Waals surface area contributed by atoms with E-state index in [-0.39, 0.29) is 5.56 Å². The molecular formula is C22H25FN2O4. The van der Waals surface area contributed by atoms with Gasteiger partial charge in [0.15, 0.2) is 17.6 Å². The molecule has 1 amide bonds. The lowest BCUT2D eigenvalue weighted by molar-refractivity contribution is -0.147. The first-order valence-corrected chi connectivity index (χ1v) is 9.23. The van der Waals surface area contributed by atoms with E-state index >= 15 is 0 Å². The molecule has 3 rings (SSSR count). The zero-order chi connectivity index (χ0) is 21.2. The highest BCUT2D eigenvalue weighted by Gasteiger charge is 2.42. The van der Waals surface area contributed by atoms with Crippen LogP contribution in [0.3, 0.4) is 0 Å². The quantitative estimate of drug-likeness (QED) is 0.737. The molecule has 29 heavy (non-hydrogen) atoms. The summed E-state index contributed by atoms with van der Waals surface area (Å²) in [6, 6.07) is 11.6. The maximum absolute atomic E-state index is 14.3. The fraction of sp³-hybridized carbons (Fsp3) is 0.364. The minimum atomic E-state index is -1.08. The summed E-state index contributed by atoms with van der Waals surface area (Å²) in [6.45, 7) is 3.83. The number of halogens is 1. The lowest BCUT2D eigenvalue weighted by atomic mass is 9.94. The number of carbonyl (C=O) groups excluding carboxylic acids is 1. The molecule has 2 aromatic carbocycles. The number of hydrogen-bond acceptors (Lipinski definition) is 5. The molecule has 0 saturated carbocycles.